The van der Waals surface area contributed by atoms with Crippen LogP contribution in [0.5, 0.6) is 0 Å². The summed E-state index contributed by atoms with van der Waals surface area (Å²) >= 11 is 0. The highest BCUT2D eigenvalue weighted by Gasteiger charge is 2.69. The predicted molar refractivity (Wildman–Crippen MR) is 106 cm³/mol. The molecule has 0 aliphatic heterocycles. The van der Waals surface area contributed by atoms with Gasteiger partial charge in [0.25, 0.3) is 0 Å². The number of carbonyl (C=O) groups is 2. The maximum absolute atomic E-state index is 13.5. The SMILES string of the molecule is CC12CCC(O)CC1CCC1C2C(=O)CC2(C)C1CCC2(O)C(=O)COS(=O)(=O)O. The minimum Gasteiger partial charge on any atom is -0.393 e. The number of hydrogen-bond acceptors (Lipinski definition) is 7. The van der Waals surface area contributed by atoms with E-state index in [0.29, 0.717) is 18.8 Å². The molecule has 0 spiro atoms. The van der Waals surface area contributed by atoms with Gasteiger partial charge in [0.1, 0.15) is 18.0 Å². The standard InChI is InChI=1S/C21H32O8S/c1-19-7-5-13(22)9-12(19)3-4-14-15-6-8-21(25,17(24)11-29-30(26,27)28)20(15,2)10-16(23)18(14)19/h12-15,18,22,25H,3-11H2,1-2H3,(H,26,27,28). The molecule has 170 valence electrons. The van der Waals surface area contributed by atoms with Crippen molar-refractivity contribution in [3.8, 4) is 0 Å². The van der Waals surface area contributed by atoms with Gasteiger partial charge in [0, 0.05) is 17.8 Å². The zero-order chi connectivity index (χ0) is 22.1. The summed E-state index contributed by atoms with van der Waals surface area (Å²) in [6, 6.07) is 0. The highest BCUT2D eigenvalue weighted by molar-refractivity contribution is 7.80. The van der Waals surface area contributed by atoms with Crippen LogP contribution in [0.2, 0.25) is 0 Å². The molecule has 0 amide bonds. The Morgan fingerprint density at radius 1 is 1.17 bits per heavy atom. The quantitative estimate of drug-likeness (QED) is 0.557. The van der Waals surface area contributed by atoms with Gasteiger partial charge in [0.05, 0.1) is 6.10 Å². The summed E-state index contributed by atoms with van der Waals surface area (Å²) in [5.74, 6) is -0.529. The highest BCUT2D eigenvalue weighted by Crippen LogP contribution is 2.67. The Morgan fingerprint density at radius 2 is 1.87 bits per heavy atom. The van der Waals surface area contributed by atoms with Crippen molar-refractivity contribution in [2.75, 3.05) is 6.61 Å². The van der Waals surface area contributed by atoms with Crippen LogP contribution in [-0.4, -0.2) is 53.1 Å². The molecule has 3 N–H and O–H groups in total. The van der Waals surface area contributed by atoms with Crippen molar-refractivity contribution in [1.29, 1.82) is 0 Å². The largest absolute Gasteiger partial charge is 0.397 e. The van der Waals surface area contributed by atoms with E-state index in [1.807, 2.05) is 0 Å². The lowest BCUT2D eigenvalue weighted by Gasteiger charge is -2.60. The fourth-order valence-corrected chi connectivity index (χ4v) is 8.02. The second-order valence-electron chi connectivity index (χ2n) is 10.5. The summed E-state index contributed by atoms with van der Waals surface area (Å²) in [4.78, 5) is 26.3. The molecule has 8 atom stereocenters. The van der Waals surface area contributed by atoms with E-state index >= 15 is 0 Å². The van der Waals surface area contributed by atoms with Crippen LogP contribution < -0.4 is 0 Å². The normalized spacial score (nSPS) is 48.6. The number of rotatable bonds is 4. The summed E-state index contributed by atoms with van der Waals surface area (Å²) in [6.07, 6.45) is 4.48. The summed E-state index contributed by atoms with van der Waals surface area (Å²) in [5.41, 5.74) is -3.01. The van der Waals surface area contributed by atoms with Crippen molar-refractivity contribution < 1.29 is 37.0 Å². The molecule has 9 heteroatoms. The minimum atomic E-state index is -4.80. The summed E-state index contributed by atoms with van der Waals surface area (Å²) < 4.78 is 34.8. The zero-order valence-corrected chi connectivity index (χ0v) is 18.4. The highest BCUT2D eigenvalue weighted by atomic mass is 32.3. The molecule has 4 rings (SSSR count). The molecule has 30 heavy (non-hydrogen) atoms. The molecule has 0 aromatic heterocycles. The van der Waals surface area contributed by atoms with E-state index in [9.17, 15) is 28.2 Å². The molecule has 8 nitrogen and oxygen atoms in total. The van der Waals surface area contributed by atoms with Crippen LogP contribution >= 0.6 is 0 Å². The fourth-order valence-electron chi connectivity index (χ4n) is 7.76. The van der Waals surface area contributed by atoms with Gasteiger partial charge < -0.3 is 10.2 Å². The van der Waals surface area contributed by atoms with Crippen molar-refractivity contribution in [3.05, 3.63) is 0 Å². The molecule has 4 saturated carbocycles. The van der Waals surface area contributed by atoms with Crippen LogP contribution in [0.3, 0.4) is 0 Å². The monoisotopic (exact) mass is 444 g/mol. The second-order valence-corrected chi connectivity index (χ2v) is 11.6. The van der Waals surface area contributed by atoms with Crippen molar-refractivity contribution in [2.45, 2.75) is 76.9 Å². The van der Waals surface area contributed by atoms with E-state index in [4.69, 9.17) is 4.55 Å². The van der Waals surface area contributed by atoms with Gasteiger partial charge in [-0.1, -0.05) is 13.8 Å². The smallest absolute Gasteiger partial charge is 0.393 e. The number of Topliss-reactive ketones (excluding diaryl/α,β-unsaturated/α-hetero) is 2. The first-order valence-electron chi connectivity index (χ1n) is 10.9. The van der Waals surface area contributed by atoms with Gasteiger partial charge in [-0.25, -0.2) is 4.18 Å². The third-order valence-corrected chi connectivity index (χ3v) is 9.69. The lowest BCUT2D eigenvalue weighted by Crippen LogP contribution is -2.62. The third-order valence-electron chi connectivity index (χ3n) is 9.28. The lowest BCUT2D eigenvalue weighted by atomic mass is 9.44. The van der Waals surface area contributed by atoms with E-state index in [0.717, 1.165) is 25.7 Å². The number of fused-ring (bicyclic) bond motifs is 5. The van der Waals surface area contributed by atoms with Crippen LogP contribution in [0.4, 0.5) is 0 Å². The van der Waals surface area contributed by atoms with E-state index in [-0.39, 0.29) is 47.9 Å². The summed E-state index contributed by atoms with van der Waals surface area (Å²) in [5, 5.41) is 21.5. The summed E-state index contributed by atoms with van der Waals surface area (Å²) in [6.45, 7) is 2.99. The first kappa shape index (κ1) is 22.3. The average Bonchev–Trinajstić information content (AvgIpc) is 2.91. The number of aliphatic hydroxyl groups excluding tert-OH is 1. The van der Waals surface area contributed by atoms with Crippen LogP contribution in [0, 0.1) is 34.5 Å². The molecule has 0 saturated heterocycles. The van der Waals surface area contributed by atoms with Gasteiger partial charge in [0.2, 0.25) is 0 Å². The molecule has 0 radical (unpaired) electrons. The molecule has 0 aromatic carbocycles. The maximum atomic E-state index is 13.5. The van der Waals surface area contributed by atoms with Gasteiger partial charge in [-0.3, -0.25) is 14.1 Å². The van der Waals surface area contributed by atoms with Crippen molar-refractivity contribution in [2.24, 2.45) is 34.5 Å². The fraction of sp³-hybridized carbons (Fsp3) is 0.905. The molecular weight excluding hydrogens is 412 g/mol. The van der Waals surface area contributed by atoms with Gasteiger partial charge in [-0.2, -0.15) is 8.42 Å². The lowest BCUT2D eigenvalue weighted by molar-refractivity contribution is -0.179. The third kappa shape index (κ3) is 3.20. The first-order chi connectivity index (χ1) is 13.8. The van der Waals surface area contributed by atoms with Crippen LogP contribution in [0.1, 0.15) is 65.2 Å². The average molecular weight is 445 g/mol. The minimum absolute atomic E-state index is 0.0236. The topological polar surface area (TPSA) is 138 Å². The molecule has 4 aliphatic carbocycles. The van der Waals surface area contributed by atoms with Crippen LogP contribution in [0.25, 0.3) is 0 Å². The van der Waals surface area contributed by atoms with E-state index in [2.05, 4.69) is 11.1 Å². The van der Waals surface area contributed by atoms with Gasteiger partial charge >= 0.3 is 10.4 Å². The molecule has 4 fully saturated rings. The molecule has 4 aliphatic rings. The van der Waals surface area contributed by atoms with Crippen LogP contribution in [0.15, 0.2) is 0 Å². The predicted octanol–water partition coefficient (Wildman–Crippen LogP) is 1.69. The molecule has 0 heterocycles. The molecule has 8 unspecified atom stereocenters. The Labute approximate surface area is 177 Å². The Kier molecular flexibility index (Phi) is 5.26. The maximum Gasteiger partial charge on any atom is 0.397 e. The number of carbonyl (C=O) groups excluding carboxylic acids is 2. The Morgan fingerprint density at radius 3 is 2.53 bits per heavy atom. The number of hydrogen-bond donors (Lipinski definition) is 3. The van der Waals surface area contributed by atoms with Crippen LogP contribution in [-0.2, 0) is 24.2 Å². The zero-order valence-electron chi connectivity index (χ0n) is 17.5. The second kappa shape index (κ2) is 7.07. The number of aliphatic hydroxyl groups is 2. The van der Waals surface area contributed by atoms with E-state index < -0.39 is 33.8 Å². The van der Waals surface area contributed by atoms with E-state index in [1.54, 1.807) is 6.92 Å². The van der Waals surface area contributed by atoms with Crippen molar-refractivity contribution in [1.82, 2.24) is 0 Å². The van der Waals surface area contributed by atoms with Gasteiger partial charge in [0.15, 0.2) is 5.78 Å². The molecular formula is C21H32O8S. The summed E-state index contributed by atoms with van der Waals surface area (Å²) in [7, 11) is -4.80. The van der Waals surface area contributed by atoms with Gasteiger partial charge in [-0.05, 0) is 68.1 Å². The number of ketones is 2. The van der Waals surface area contributed by atoms with E-state index in [1.165, 1.54) is 0 Å². The van der Waals surface area contributed by atoms with Crippen molar-refractivity contribution in [3.63, 3.8) is 0 Å². The molecule has 0 bridgehead atoms. The Balaban J connectivity index is 1.62. The first-order valence-corrected chi connectivity index (χ1v) is 12.3. The Bertz CT molecular complexity index is 855. The van der Waals surface area contributed by atoms with Crippen molar-refractivity contribution >= 4 is 22.0 Å². The molecule has 0 aromatic rings. The Hall–Kier alpha value is -0.870. The van der Waals surface area contributed by atoms with Gasteiger partial charge in [-0.15, -0.1) is 0 Å².